The molecule has 3 amide bonds. The van der Waals surface area contributed by atoms with Crippen molar-refractivity contribution in [1.29, 1.82) is 0 Å². The Morgan fingerprint density at radius 3 is 1.88 bits per heavy atom. The maximum Gasteiger partial charge on any atom is 0.251 e. The van der Waals surface area contributed by atoms with Gasteiger partial charge in [0, 0.05) is 36.8 Å². The van der Waals surface area contributed by atoms with Gasteiger partial charge >= 0.3 is 0 Å². The standard InChI is InChI=1S/C18H17F2N3O3/c1-11(24)23-14-5-2-12(3-6-14)17(25)21-8-9-22-18(26)13-4-7-15(19)16(20)10-13/h2-7,10H,8-9H2,1H3,(H,21,25)(H,22,26)(H,23,24). The second kappa shape index (κ2) is 8.70. The predicted molar refractivity (Wildman–Crippen MR) is 91.8 cm³/mol. The van der Waals surface area contributed by atoms with Gasteiger partial charge in [0.25, 0.3) is 11.8 Å². The topological polar surface area (TPSA) is 87.3 Å². The van der Waals surface area contributed by atoms with E-state index in [1.165, 1.54) is 13.0 Å². The van der Waals surface area contributed by atoms with Gasteiger partial charge in [0.1, 0.15) is 0 Å². The van der Waals surface area contributed by atoms with Crippen molar-refractivity contribution in [3.05, 3.63) is 65.2 Å². The fraction of sp³-hybridized carbons (Fsp3) is 0.167. The molecule has 0 aromatic heterocycles. The maximum absolute atomic E-state index is 13.1. The fourth-order valence-corrected chi connectivity index (χ4v) is 2.10. The SMILES string of the molecule is CC(=O)Nc1ccc(C(=O)NCCNC(=O)c2ccc(F)c(F)c2)cc1. The number of rotatable bonds is 6. The summed E-state index contributed by atoms with van der Waals surface area (Å²) in [6.07, 6.45) is 0. The maximum atomic E-state index is 13.1. The summed E-state index contributed by atoms with van der Waals surface area (Å²) < 4.78 is 25.9. The smallest absolute Gasteiger partial charge is 0.251 e. The van der Waals surface area contributed by atoms with Crippen LogP contribution in [0, 0.1) is 11.6 Å². The molecular formula is C18H17F2N3O3. The van der Waals surface area contributed by atoms with Crippen molar-refractivity contribution in [2.24, 2.45) is 0 Å². The molecule has 0 aliphatic carbocycles. The number of hydrogen-bond acceptors (Lipinski definition) is 3. The third-order valence-electron chi connectivity index (χ3n) is 3.35. The van der Waals surface area contributed by atoms with Crippen LogP contribution in [0.4, 0.5) is 14.5 Å². The van der Waals surface area contributed by atoms with E-state index in [-0.39, 0.29) is 30.5 Å². The minimum atomic E-state index is -1.10. The monoisotopic (exact) mass is 361 g/mol. The predicted octanol–water partition coefficient (Wildman–Crippen LogP) is 2.08. The summed E-state index contributed by atoms with van der Waals surface area (Å²) in [4.78, 5) is 34.7. The van der Waals surface area contributed by atoms with Gasteiger partial charge in [-0.15, -0.1) is 0 Å². The minimum absolute atomic E-state index is 0.0104. The molecule has 2 aromatic rings. The van der Waals surface area contributed by atoms with Crippen molar-refractivity contribution < 1.29 is 23.2 Å². The lowest BCUT2D eigenvalue weighted by molar-refractivity contribution is -0.114. The first-order valence-corrected chi connectivity index (χ1v) is 7.76. The molecule has 136 valence electrons. The third-order valence-corrected chi connectivity index (χ3v) is 3.35. The fourth-order valence-electron chi connectivity index (χ4n) is 2.10. The second-order valence-electron chi connectivity index (χ2n) is 5.40. The van der Waals surface area contributed by atoms with Crippen LogP contribution in [0.2, 0.25) is 0 Å². The summed E-state index contributed by atoms with van der Waals surface area (Å²) in [5, 5.41) is 7.69. The van der Waals surface area contributed by atoms with E-state index in [1.54, 1.807) is 24.3 Å². The Morgan fingerprint density at radius 2 is 1.35 bits per heavy atom. The van der Waals surface area contributed by atoms with Crippen LogP contribution in [-0.2, 0) is 4.79 Å². The lowest BCUT2D eigenvalue weighted by Gasteiger charge is -2.08. The molecule has 6 nitrogen and oxygen atoms in total. The molecule has 2 rings (SSSR count). The van der Waals surface area contributed by atoms with Crippen molar-refractivity contribution in [3.63, 3.8) is 0 Å². The third kappa shape index (κ3) is 5.37. The van der Waals surface area contributed by atoms with Crippen LogP contribution in [0.1, 0.15) is 27.6 Å². The van der Waals surface area contributed by atoms with Crippen LogP contribution in [0.15, 0.2) is 42.5 Å². The Kier molecular flexibility index (Phi) is 6.37. The number of benzene rings is 2. The molecule has 26 heavy (non-hydrogen) atoms. The number of halogens is 2. The molecule has 0 spiro atoms. The molecule has 0 saturated carbocycles. The number of nitrogens with one attached hydrogen (secondary N) is 3. The first-order chi connectivity index (χ1) is 12.4. The van der Waals surface area contributed by atoms with Gasteiger partial charge in [0.05, 0.1) is 0 Å². The zero-order valence-corrected chi connectivity index (χ0v) is 13.9. The normalized spacial score (nSPS) is 10.1. The first kappa shape index (κ1) is 19.0. The van der Waals surface area contributed by atoms with Gasteiger partial charge in [0.15, 0.2) is 11.6 Å². The second-order valence-corrected chi connectivity index (χ2v) is 5.40. The molecule has 0 unspecified atom stereocenters. The molecule has 8 heteroatoms. The van der Waals surface area contributed by atoms with Crippen LogP contribution < -0.4 is 16.0 Å². The molecule has 2 aromatic carbocycles. The van der Waals surface area contributed by atoms with Crippen molar-refractivity contribution >= 4 is 23.4 Å². The Morgan fingerprint density at radius 1 is 0.808 bits per heavy atom. The lowest BCUT2D eigenvalue weighted by atomic mass is 10.2. The number of anilines is 1. The summed E-state index contributed by atoms with van der Waals surface area (Å²) in [6.45, 7) is 1.66. The summed E-state index contributed by atoms with van der Waals surface area (Å²) in [5.74, 6) is -3.26. The summed E-state index contributed by atoms with van der Waals surface area (Å²) in [6, 6.07) is 9.16. The van der Waals surface area contributed by atoms with Gasteiger partial charge < -0.3 is 16.0 Å². The molecule has 0 saturated heterocycles. The van der Waals surface area contributed by atoms with Crippen LogP contribution in [-0.4, -0.2) is 30.8 Å². The Bertz CT molecular complexity index is 823. The van der Waals surface area contributed by atoms with E-state index in [0.29, 0.717) is 11.3 Å². The zero-order chi connectivity index (χ0) is 19.1. The zero-order valence-electron chi connectivity index (χ0n) is 13.9. The average molecular weight is 361 g/mol. The van der Waals surface area contributed by atoms with Crippen molar-refractivity contribution in [2.45, 2.75) is 6.92 Å². The van der Waals surface area contributed by atoms with Gasteiger partial charge in [0.2, 0.25) is 5.91 Å². The average Bonchev–Trinajstić information content (AvgIpc) is 2.60. The van der Waals surface area contributed by atoms with Crippen LogP contribution >= 0.6 is 0 Å². The van der Waals surface area contributed by atoms with E-state index >= 15 is 0 Å². The highest BCUT2D eigenvalue weighted by atomic mass is 19.2. The van der Waals surface area contributed by atoms with E-state index in [4.69, 9.17) is 0 Å². The Labute approximate surface area is 148 Å². The molecule has 0 heterocycles. The van der Waals surface area contributed by atoms with Crippen molar-refractivity contribution in [3.8, 4) is 0 Å². The number of amides is 3. The number of carbonyl (C=O) groups is 3. The Balaban J connectivity index is 1.78. The van der Waals surface area contributed by atoms with Crippen molar-refractivity contribution in [1.82, 2.24) is 10.6 Å². The van der Waals surface area contributed by atoms with E-state index in [1.807, 2.05) is 0 Å². The van der Waals surface area contributed by atoms with E-state index < -0.39 is 17.5 Å². The van der Waals surface area contributed by atoms with Crippen LogP contribution in [0.3, 0.4) is 0 Å². The molecule has 0 aliphatic heterocycles. The summed E-state index contributed by atoms with van der Waals surface area (Å²) >= 11 is 0. The van der Waals surface area contributed by atoms with E-state index in [9.17, 15) is 23.2 Å². The molecule has 0 radical (unpaired) electrons. The van der Waals surface area contributed by atoms with Gasteiger partial charge in [-0.1, -0.05) is 0 Å². The molecule has 0 aliphatic rings. The quantitative estimate of drug-likeness (QED) is 0.689. The molecule has 0 atom stereocenters. The van der Waals surface area contributed by atoms with Gasteiger partial charge in [-0.05, 0) is 42.5 Å². The minimum Gasteiger partial charge on any atom is -0.350 e. The highest BCUT2D eigenvalue weighted by Gasteiger charge is 2.10. The Hall–Kier alpha value is -3.29. The van der Waals surface area contributed by atoms with Crippen LogP contribution in [0.25, 0.3) is 0 Å². The van der Waals surface area contributed by atoms with E-state index in [0.717, 1.165) is 12.1 Å². The molecule has 3 N–H and O–H groups in total. The highest BCUT2D eigenvalue weighted by molar-refractivity contribution is 5.96. The van der Waals surface area contributed by atoms with Crippen molar-refractivity contribution in [2.75, 3.05) is 18.4 Å². The van der Waals surface area contributed by atoms with Gasteiger partial charge in [-0.2, -0.15) is 0 Å². The lowest BCUT2D eigenvalue weighted by Crippen LogP contribution is -2.34. The summed E-state index contributed by atoms with van der Waals surface area (Å²) in [7, 11) is 0. The molecule has 0 bridgehead atoms. The highest BCUT2D eigenvalue weighted by Crippen LogP contribution is 2.10. The van der Waals surface area contributed by atoms with Gasteiger partial charge in [-0.3, -0.25) is 14.4 Å². The van der Waals surface area contributed by atoms with E-state index in [2.05, 4.69) is 16.0 Å². The van der Waals surface area contributed by atoms with Gasteiger partial charge in [-0.25, -0.2) is 8.78 Å². The molecule has 0 fully saturated rings. The van der Waals surface area contributed by atoms with Crippen LogP contribution in [0.5, 0.6) is 0 Å². The number of hydrogen-bond donors (Lipinski definition) is 3. The summed E-state index contributed by atoms with van der Waals surface area (Å²) in [5.41, 5.74) is 0.961. The first-order valence-electron chi connectivity index (χ1n) is 7.76. The molecular weight excluding hydrogens is 344 g/mol. The number of carbonyl (C=O) groups excluding carboxylic acids is 3. The largest absolute Gasteiger partial charge is 0.350 e.